The molecule has 1 spiro atoms. The lowest BCUT2D eigenvalue weighted by molar-refractivity contribution is -0.141. The zero-order chi connectivity index (χ0) is 17.3. The number of amides is 4. The van der Waals surface area contributed by atoms with E-state index in [1.165, 1.54) is 0 Å². The first-order valence-corrected chi connectivity index (χ1v) is 9.11. The van der Waals surface area contributed by atoms with E-state index in [0.29, 0.717) is 25.3 Å². The predicted octanol–water partition coefficient (Wildman–Crippen LogP) is 0.698. The topological polar surface area (TPSA) is 81.8 Å². The van der Waals surface area contributed by atoms with Gasteiger partial charge in [-0.2, -0.15) is 0 Å². The summed E-state index contributed by atoms with van der Waals surface area (Å²) in [6.07, 6.45) is 4.40. The van der Waals surface area contributed by atoms with E-state index >= 15 is 0 Å². The highest BCUT2D eigenvalue weighted by molar-refractivity contribution is 6.09. The van der Waals surface area contributed by atoms with Gasteiger partial charge in [0.2, 0.25) is 5.91 Å². The van der Waals surface area contributed by atoms with Crippen LogP contribution in [0.15, 0.2) is 0 Å². The summed E-state index contributed by atoms with van der Waals surface area (Å²) in [6.45, 7) is 6.11. The number of piperazine rings is 1. The number of hydrogen-bond acceptors (Lipinski definition) is 4. The van der Waals surface area contributed by atoms with Crippen LogP contribution in [0.3, 0.4) is 0 Å². The first kappa shape index (κ1) is 17.2. The molecule has 0 bridgehead atoms. The smallest absolute Gasteiger partial charge is 0.325 e. The average molecular weight is 336 g/mol. The van der Waals surface area contributed by atoms with Crippen LogP contribution in [0.1, 0.15) is 46.0 Å². The summed E-state index contributed by atoms with van der Waals surface area (Å²) < 4.78 is 0. The van der Waals surface area contributed by atoms with E-state index in [1.54, 1.807) is 4.90 Å². The number of carbonyl (C=O) groups excluding carboxylic acids is 3. The summed E-state index contributed by atoms with van der Waals surface area (Å²) in [5.74, 6) is 0.280. The highest BCUT2D eigenvalue weighted by atomic mass is 16.2. The first-order valence-electron chi connectivity index (χ1n) is 9.11. The van der Waals surface area contributed by atoms with Gasteiger partial charge >= 0.3 is 6.03 Å². The van der Waals surface area contributed by atoms with Crippen LogP contribution in [0.25, 0.3) is 0 Å². The summed E-state index contributed by atoms with van der Waals surface area (Å²) in [4.78, 5) is 40.6. The Bertz CT molecular complexity index is 528. The molecule has 2 saturated heterocycles. The maximum absolute atomic E-state index is 12.8. The van der Waals surface area contributed by atoms with E-state index < -0.39 is 11.6 Å². The average Bonchev–Trinajstić information content (AvgIpc) is 2.80. The van der Waals surface area contributed by atoms with Crippen LogP contribution < -0.4 is 10.6 Å². The second-order valence-electron chi connectivity index (χ2n) is 7.40. The fourth-order valence-electron chi connectivity index (χ4n) is 4.17. The van der Waals surface area contributed by atoms with Crippen LogP contribution in [-0.4, -0.2) is 65.4 Å². The molecular weight excluding hydrogens is 308 g/mol. The second kappa shape index (κ2) is 6.70. The van der Waals surface area contributed by atoms with E-state index in [-0.39, 0.29) is 24.4 Å². The number of nitrogens with one attached hydrogen (secondary N) is 2. The minimum absolute atomic E-state index is 0.0842. The van der Waals surface area contributed by atoms with Crippen molar-refractivity contribution in [2.24, 2.45) is 5.92 Å². The Morgan fingerprint density at radius 3 is 2.62 bits per heavy atom. The molecule has 3 aliphatic rings. The fourth-order valence-corrected chi connectivity index (χ4v) is 4.17. The molecule has 0 aromatic rings. The summed E-state index contributed by atoms with van der Waals surface area (Å²) in [5, 5.41) is 6.12. The van der Waals surface area contributed by atoms with Gasteiger partial charge in [-0.25, -0.2) is 4.79 Å². The van der Waals surface area contributed by atoms with Crippen molar-refractivity contribution in [1.82, 2.24) is 20.4 Å². The lowest BCUT2D eigenvalue weighted by atomic mass is 9.75. The van der Waals surface area contributed by atoms with Crippen LogP contribution in [0.4, 0.5) is 4.79 Å². The molecule has 24 heavy (non-hydrogen) atoms. The molecule has 7 nitrogen and oxygen atoms in total. The molecule has 4 amide bonds. The van der Waals surface area contributed by atoms with Crippen LogP contribution in [0.5, 0.6) is 0 Å². The molecule has 2 aliphatic heterocycles. The molecule has 0 aromatic carbocycles. The minimum atomic E-state index is -0.766. The Labute approximate surface area is 143 Å². The molecule has 0 aromatic heterocycles. The van der Waals surface area contributed by atoms with Gasteiger partial charge in [-0.15, -0.1) is 0 Å². The van der Waals surface area contributed by atoms with Crippen LogP contribution in [-0.2, 0) is 9.59 Å². The largest absolute Gasteiger partial charge is 0.336 e. The van der Waals surface area contributed by atoms with Gasteiger partial charge in [-0.3, -0.25) is 14.5 Å². The van der Waals surface area contributed by atoms with Gasteiger partial charge in [0.15, 0.2) is 0 Å². The Kier molecular flexibility index (Phi) is 4.80. The molecule has 0 radical (unpaired) electrons. The number of nitrogens with zero attached hydrogens (tertiary/aromatic N) is 2. The molecule has 3 rings (SSSR count). The zero-order valence-corrected chi connectivity index (χ0v) is 14.6. The van der Waals surface area contributed by atoms with Gasteiger partial charge in [0, 0.05) is 25.7 Å². The monoisotopic (exact) mass is 336 g/mol. The summed E-state index contributed by atoms with van der Waals surface area (Å²) >= 11 is 0. The van der Waals surface area contributed by atoms with E-state index in [1.807, 2.05) is 6.92 Å². The van der Waals surface area contributed by atoms with Crippen molar-refractivity contribution >= 4 is 17.8 Å². The van der Waals surface area contributed by atoms with Crippen molar-refractivity contribution < 1.29 is 14.4 Å². The highest BCUT2D eigenvalue weighted by Crippen LogP contribution is 2.37. The van der Waals surface area contributed by atoms with E-state index in [0.717, 1.165) is 37.3 Å². The second-order valence-corrected chi connectivity index (χ2v) is 7.40. The third kappa shape index (κ3) is 3.01. The summed E-state index contributed by atoms with van der Waals surface area (Å²) in [7, 11) is 0. The quantitative estimate of drug-likeness (QED) is 0.743. The fraction of sp³-hybridized carbons (Fsp3) is 0.824. The molecule has 3 fully saturated rings. The van der Waals surface area contributed by atoms with Gasteiger partial charge in [-0.05, 0) is 38.5 Å². The molecule has 134 valence electrons. The summed E-state index contributed by atoms with van der Waals surface area (Å²) in [6, 6.07) is -0.327. The third-order valence-electron chi connectivity index (χ3n) is 5.90. The molecule has 1 saturated carbocycles. The Morgan fingerprint density at radius 2 is 2.00 bits per heavy atom. The Balaban J connectivity index is 1.65. The maximum atomic E-state index is 12.8. The van der Waals surface area contributed by atoms with Crippen molar-refractivity contribution in [1.29, 1.82) is 0 Å². The molecule has 0 unspecified atom stereocenters. The molecule has 7 heteroatoms. The van der Waals surface area contributed by atoms with Crippen molar-refractivity contribution in [2.75, 3.05) is 26.2 Å². The van der Waals surface area contributed by atoms with Gasteiger partial charge in [-0.1, -0.05) is 13.3 Å². The third-order valence-corrected chi connectivity index (χ3v) is 5.90. The first-order chi connectivity index (χ1) is 11.5. The molecule has 2 heterocycles. The standard InChI is InChI=1S/C17H28N4O3/c1-3-13-4-6-17(7-5-13)15(23)21(16(24)19-17)11-14(22)20-9-8-18-10-12(20)2/h12-13,18H,3-11H2,1-2H3,(H,19,24)/t12-,13?,17?/m0/s1. The Hall–Kier alpha value is -1.63. The molecule has 1 atom stereocenters. The number of imide groups is 1. The predicted molar refractivity (Wildman–Crippen MR) is 89.3 cm³/mol. The lowest BCUT2D eigenvalue weighted by Crippen LogP contribution is -2.55. The lowest BCUT2D eigenvalue weighted by Gasteiger charge is -2.35. The van der Waals surface area contributed by atoms with Crippen molar-refractivity contribution in [2.45, 2.75) is 57.5 Å². The maximum Gasteiger partial charge on any atom is 0.325 e. The van der Waals surface area contributed by atoms with Crippen molar-refractivity contribution in [3.63, 3.8) is 0 Å². The van der Waals surface area contributed by atoms with Crippen LogP contribution >= 0.6 is 0 Å². The van der Waals surface area contributed by atoms with Crippen LogP contribution in [0.2, 0.25) is 0 Å². The molecule has 2 N–H and O–H groups in total. The van der Waals surface area contributed by atoms with Gasteiger partial charge in [0.25, 0.3) is 5.91 Å². The van der Waals surface area contributed by atoms with E-state index in [2.05, 4.69) is 17.6 Å². The van der Waals surface area contributed by atoms with E-state index in [4.69, 9.17) is 0 Å². The van der Waals surface area contributed by atoms with E-state index in [9.17, 15) is 14.4 Å². The van der Waals surface area contributed by atoms with Crippen molar-refractivity contribution in [3.05, 3.63) is 0 Å². The van der Waals surface area contributed by atoms with Gasteiger partial charge in [0.05, 0.1) is 0 Å². The Morgan fingerprint density at radius 1 is 1.29 bits per heavy atom. The van der Waals surface area contributed by atoms with Gasteiger partial charge < -0.3 is 15.5 Å². The SMILES string of the molecule is CCC1CCC2(CC1)NC(=O)N(CC(=O)N1CCNC[C@@H]1C)C2=O. The van der Waals surface area contributed by atoms with Crippen LogP contribution in [0, 0.1) is 5.92 Å². The molecular formula is C17H28N4O3. The number of urea groups is 1. The highest BCUT2D eigenvalue weighted by Gasteiger charge is 2.52. The van der Waals surface area contributed by atoms with Gasteiger partial charge in [0.1, 0.15) is 12.1 Å². The van der Waals surface area contributed by atoms with Crippen molar-refractivity contribution in [3.8, 4) is 0 Å². The summed E-state index contributed by atoms with van der Waals surface area (Å²) in [5.41, 5.74) is -0.766. The zero-order valence-electron chi connectivity index (χ0n) is 14.6. The minimum Gasteiger partial charge on any atom is -0.336 e. The molecule has 1 aliphatic carbocycles. The number of hydrogen-bond donors (Lipinski definition) is 2. The number of rotatable bonds is 3. The number of carbonyl (C=O) groups is 3. The normalized spacial score (nSPS) is 33.9.